The van der Waals surface area contributed by atoms with Crippen LogP contribution in [0.25, 0.3) is 0 Å². The van der Waals surface area contributed by atoms with E-state index in [-0.39, 0.29) is 13.2 Å². The molecule has 0 heterocycles. The van der Waals surface area contributed by atoms with Crippen LogP contribution in [0, 0.1) is 0 Å². The van der Waals surface area contributed by atoms with Crippen molar-refractivity contribution in [3.63, 3.8) is 0 Å². The van der Waals surface area contributed by atoms with E-state index >= 15 is 0 Å². The molecule has 0 saturated heterocycles. The lowest BCUT2D eigenvalue weighted by Crippen LogP contribution is -2.53. The maximum Gasteiger partial charge on any atom is 0.408 e. The number of amides is 2. The van der Waals surface area contributed by atoms with E-state index in [0.29, 0.717) is 13.2 Å². The first kappa shape index (κ1) is 33.8. The van der Waals surface area contributed by atoms with Gasteiger partial charge in [0.05, 0.1) is 13.0 Å². The number of nitrogens with one attached hydrogen (secondary N) is 1. The summed E-state index contributed by atoms with van der Waals surface area (Å²) in [5, 5.41) is 2.46. The van der Waals surface area contributed by atoms with Crippen LogP contribution in [0.3, 0.4) is 0 Å². The molecule has 0 radical (unpaired) electrons. The molecule has 0 fully saturated rings. The highest BCUT2D eigenvalue weighted by Gasteiger charge is 2.34. The van der Waals surface area contributed by atoms with Crippen LogP contribution >= 0.6 is 0 Å². The van der Waals surface area contributed by atoms with Gasteiger partial charge in [-0.05, 0) is 61.0 Å². The molecule has 1 N–H and O–H groups in total. The van der Waals surface area contributed by atoms with Crippen molar-refractivity contribution in [1.29, 1.82) is 0 Å². The molecule has 39 heavy (non-hydrogen) atoms. The van der Waals surface area contributed by atoms with Crippen molar-refractivity contribution in [2.45, 2.75) is 92.0 Å². The molecule has 2 amide bonds. The fourth-order valence-corrected chi connectivity index (χ4v) is 3.34. The van der Waals surface area contributed by atoms with Gasteiger partial charge in [-0.3, -0.25) is 14.4 Å². The molecular weight excluding hydrogens is 508 g/mol. The lowest BCUT2D eigenvalue weighted by atomic mass is 10.1. The second-order valence-corrected chi connectivity index (χ2v) is 10.7. The molecule has 0 aromatic heterocycles. The van der Waals surface area contributed by atoms with Crippen LogP contribution in [0.15, 0.2) is 30.3 Å². The Morgan fingerprint density at radius 2 is 1.38 bits per heavy atom. The molecule has 1 rings (SSSR count). The Morgan fingerprint density at radius 3 is 1.90 bits per heavy atom. The molecule has 1 aromatic carbocycles. The zero-order valence-corrected chi connectivity index (χ0v) is 24.4. The summed E-state index contributed by atoms with van der Waals surface area (Å²) < 4.78 is 27.2. The summed E-state index contributed by atoms with van der Waals surface area (Å²) in [6.07, 6.45) is -2.25. The van der Waals surface area contributed by atoms with Crippen LogP contribution < -0.4 is 5.32 Å². The molecule has 0 spiro atoms. The van der Waals surface area contributed by atoms with Crippen LogP contribution in [-0.2, 0) is 44.7 Å². The van der Waals surface area contributed by atoms with E-state index in [2.05, 4.69) is 5.32 Å². The van der Waals surface area contributed by atoms with Crippen LogP contribution in [0.1, 0.15) is 67.4 Å². The summed E-state index contributed by atoms with van der Waals surface area (Å²) in [4.78, 5) is 52.9. The van der Waals surface area contributed by atoms with Crippen molar-refractivity contribution in [3.8, 4) is 0 Å². The fraction of sp³-hybridized carbons (Fsp3) is 0.643. The molecule has 220 valence electrons. The van der Waals surface area contributed by atoms with Gasteiger partial charge < -0.3 is 33.9 Å². The van der Waals surface area contributed by atoms with Gasteiger partial charge in [-0.25, -0.2) is 4.79 Å². The Morgan fingerprint density at radius 1 is 0.846 bits per heavy atom. The molecular formula is C28H44N2O9. The number of benzene rings is 1. The molecule has 11 nitrogen and oxygen atoms in total. The first-order chi connectivity index (χ1) is 18.1. The summed E-state index contributed by atoms with van der Waals surface area (Å²) in [6.45, 7) is 13.6. The quantitative estimate of drug-likeness (QED) is 0.209. The maximum atomic E-state index is 13.7. The topological polar surface area (TPSA) is 130 Å². The molecule has 0 unspecified atom stereocenters. The predicted octanol–water partition coefficient (Wildman–Crippen LogP) is 3.58. The third kappa shape index (κ3) is 15.1. The second kappa shape index (κ2) is 16.0. The summed E-state index contributed by atoms with van der Waals surface area (Å²) >= 11 is 0. The molecule has 1 atom stereocenters. The standard InChI is InChI=1S/C28H44N2O9/c1-9-35-24(36-10-2)18-30(17-23(32)39-28(6,7)8)25(33)21(16-22(31)38-27(3,4)5)29-26(34)37-19-20-14-12-11-13-15-20/h11-15,21,24H,9-10,16-19H2,1-8H3,(H,29,34)/t21-/m0/s1. The van der Waals surface area contributed by atoms with Gasteiger partial charge in [-0.15, -0.1) is 0 Å². The summed E-state index contributed by atoms with van der Waals surface area (Å²) in [6, 6.07) is 7.59. The first-order valence-corrected chi connectivity index (χ1v) is 13.1. The number of hydrogen-bond acceptors (Lipinski definition) is 9. The minimum Gasteiger partial charge on any atom is -0.460 e. The van der Waals surface area contributed by atoms with Crippen molar-refractivity contribution in [2.75, 3.05) is 26.3 Å². The van der Waals surface area contributed by atoms with Crippen LogP contribution in [-0.4, -0.2) is 78.7 Å². The van der Waals surface area contributed by atoms with Gasteiger partial charge in [0.1, 0.15) is 30.4 Å². The van der Waals surface area contributed by atoms with Crippen molar-refractivity contribution in [1.82, 2.24) is 10.2 Å². The average Bonchev–Trinajstić information content (AvgIpc) is 2.80. The first-order valence-electron chi connectivity index (χ1n) is 13.1. The van der Waals surface area contributed by atoms with Crippen LogP contribution in [0.5, 0.6) is 0 Å². The number of hydrogen-bond donors (Lipinski definition) is 1. The van der Waals surface area contributed by atoms with E-state index in [1.807, 2.05) is 6.07 Å². The highest BCUT2D eigenvalue weighted by molar-refractivity contribution is 5.91. The van der Waals surface area contributed by atoms with E-state index in [9.17, 15) is 19.2 Å². The Kier molecular flexibility index (Phi) is 13.9. The third-order valence-electron chi connectivity index (χ3n) is 4.72. The molecule has 0 aliphatic rings. The number of esters is 2. The number of alkyl carbamates (subject to hydrolysis) is 1. The number of carbonyl (C=O) groups is 4. The Bertz CT molecular complexity index is 917. The van der Waals surface area contributed by atoms with E-state index < -0.39 is 60.4 Å². The third-order valence-corrected chi connectivity index (χ3v) is 4.72. The van der Waals surface area contributed by atoms with Gasteiger partial charge >= 0.3 is 18.0 Å². The zero-order valence-electron chi connectivity index (χ0n) is 24.4. The molecule has 11 heteroatoms. The minimum atomic E-state index is -1.39. The Balaban J connectivity index is 3.19. The monoisotopic (exact) mass is 552 g/mol. The van der Waals surface area contributed by atoms with Gasteiger partial charge in [0, 0.05) is 13.2 Å². The van der Waals surface area contributed by atoms with E-state index in [0.717, 1.165) is 10.5 Å². The lowest BCUT2D eigenvalue weighted by Gasteiger charge is -2.31. The zero-order chi connectivity index (χ0) is 29.6. The van der Waals surface area contributed by atoms with Gasteiger partial charge in [-0.1, -0.05) is 30.3 Å². The second-order valence-electron chi connectivity index (χ2n) is 10.7. The van der Waals surface area contributed by atoms with E-state index in [1.165, 1.54) is 0 Å². The van der Waals surface area contributed by atoms with E-state index in [4.69, 9.17) is 23.7 Å². The number of ether oxygens (including phenoxy) is 5. The van der Waals surface area contributed by atoms with Crippen molar-refractivity contribution < 1.29 is 42.9 Å². The number of rotatable bonds is 14. The predicted molar refractivity (Wildman–Crippen MR) is 143 cm³/mol. The highest BCUT2D eigenvalue weighted by atomic mass is 16.7. The lowest BCUT2D eigenvalue weighted by molar-refractivity contribution is -0.170. The van der Waals surface area contributed by atoms with Gasteiger partial charge in [0.15, 0.2) is 6.29 Å². The molecule has 0 saturated carbocycles. The summed E-state index contributed by atoms with van der Waals surface area (Å²) in [7, 11) is 0. The number of carbonyl (C=O) groups excluding carboxylic acids is 4. The van der Waals surface area contributed by atoms with Crippen molar-refractivity contribution in [2.24, 2.45) is 0 Å². The van der Waals surface area contributed by atoms with Gasteiger partial charge in [-0.2, -0.15) is 0 Å². The van der Waals surface area contributed by atoms with Crippen molar-refractivity contribution >= 4 is 23.9 Å². The minimum absolute atomic E-state index is 0.0433. The van der Waals surface area contributed by atoms with Gasteiger partial charge in [0.25, 0.3) is 0 Å². The molecule has 0 bridgehead atoms. The number of nitrogens with zero attached hydrogens (tertiary/aromatic N) is 1. The van der Waals surface area contributed by atoms with Crippen LogP contribution in [0.4, 0.5) is 4.79 Å². The normalized spacial score (nSPS) is 12.4. The highest BCUT2D eigenvalue weighted by Crippen LogP contribution is 2.14. The Hall–Kier alpha value is -3.18. The SMILES string of the molecule is CCOC(CN(CC(=O)OC(C)(C)C)C(=O)[C@H](CC(=O)OC(C)(C)C)NC(=O)OCc1ccccc1)OCC. The van der Waals surface area contributed by atoms with E-state index in [1.54, 1.807) is 79.7 Å². The molecule has 0 aliphatic heterocycles. The molecule has 1 aromatic rings. The fourth-order valence-electron chi connectivity index (χ4n) is 3.34. The smallest absolute Gasteiger partial charge is 0.408 e. The summed E-state index contributed by atoms with van der Waals surface area (Å²) in [5.74, 6) is -2.12. The molecule has 0 aliphatic carbocycles. The van der Waals surface area contributed by atoms with Crippen LogP contribution in [0.2, 0.25) is 0 Å². The summed E-state index contributed by atoms with van der Waals surface area (Å²) in [5.41, 5.74) is -0.866. The Labute approximate surface area is 231 Å². The van der Waals surface area contributed by atoms with Gasteiger partial charge in [0.2, 0.25) is 5.91 Å². The average molecular weight is 553 g/mol. The maximum absolute atomic E-state index is 13.7. The largest absolute Gasteiger partial charge is 0.460 e. The van der Waals surface area contributed by atoms with Crippen molar-refractivity contribution in [3.05, 3.63) is 35.9 Å².